The molecule has 0 aromatic heterocycles. The first-order chi connectivity index (χ1) is 13.0. The Kier molecular flexibility index (Phi) is 11.8. The van der Waals surface area contributed by atoms with Crippen LogP contribution in [0, 0.1) is 0 Å². The van der Waals surface area contributed by atoms with Gasteiger partial charge in [0.1, 0.15) is 0 Å². The van der Waals surface area contributed by atoms with Crippen LogP contribution in [0.3, 0.4) is 0 Å². The molecule has 0 fully saturated rings. The summed E-state index contributed by atoms with van der Waals surface area (Å²) in [6, 6.07) is 13.2. The van der Waals surface area contributed by atoms with Crippen molar-refractivity contribution in [2.45, 2.75) is 26.2 Å². The molecule has 0 aliphatic rings. The number of guanidine groups is 1. The Labute approximate surface area is 193 Å². The molecule has 0 saturated heterocycles. The highest BCUT2D eigenvalue weighted by Gasteiger charge is 2.10. The normalized spacial score (nSPS) is 12.2. The van der Waals surface area contributed by atoms with Crippen LogP contribution in [0.15, 0.2) is 47.5 Å². The zero-order valence-electron chi connectivity index (χ0n) is 15.9. The number of aliphatic imine (C=N–C) groups is 1. The molecular weight excluding hydrogens is 512 g/mol. The second kappa shape index (κ2) is 13.2. The van der Waals surface area contributed by atoms with E-state index in [-0.39, 0.29) is 30.5 Å². The smallest absolute Gasteiger partial charge is 0.191 e. The molecule has 0 amide bonds. The molecule has 2 aromatic carbocycles. The van der Waals surface area contributed by atoms with E-state index in [2.05, 4.69) is 15.6 Å². The summed E-state index contributed by atoms with van der Waals surface area (Å²) in [4.78, 5) is 4.56. The standard InChI is InChI=1S/C20H25Cl2N3O2.HI/c1-3-23-20(24-11-14-4-6-15(7-5-14)13-27-2)25-12-19(26)16-8-17(21)10-18(22)9-16;/h4-10,19,26H,3,11-13H2,1-2H3,(H2,23,24,25);1H. The maximum Gasteiger partial charge on any atom is 0.191 e. The number of ether oxygens (including phenoxy) is 1. The fraction of sp³-hybridized carbons (Fsp3) is 0.350. The second-order valence-corrected chi connectivity index (χ2v) is 6.92. The maximum atomic E-state index is 10.4. The molecule has 0 heterocycles. The van der Waals surface area contributed by atoms with Gasteiger partial charge in [-0.25, -0.2) is 4.99 Å². The van der Waals surface area contributed by atoms with Crippen LogP contribution in [0.25, 0.3) is 0 Å². The Bertz CT molecular complexity index is 737. The summed E-state index contributed by atoms with van der Waals surface area (Å²) in [5.74, 6) is 0.630. The molecule has 5 nitrogen and oxygen atoms in total. The fourth-order valence-corrected chi connectivity index (χ4v) is 3.04. The molecule has 1 unspecified atom stereocenters. The van der Waals surface area contributed by atoms with Crippen LogP contribution in [-0.4, -0.2) is 31.3 Å². The SMILES string of the molecule is CCNC(=NCc1ccc(COC)cc1)NCC(O)c1cc(Cl)cc(Cl)c1.I. The summed E-state index contributed by atoms with van der Waals surface area (Å²) >= 11 is 12.0. The van der Waals surface area contributed by atoms with Crippen molar-refractivity contribution in [1.29, 1.82) is 0 Å². The molecule has 0 saturated carbocycles. The van der Waals surface area contributed by atoms with E-state index in [0.717, 1.165) is 17.7 Å². The van der Waals surface area contributed by atoms with Gasteiger partial charge >= 0.3 is 0 Å². The monoisotopic (exact) mass is 537 g/mol. The van der Waals surface area contributed by atoms with Crippen molar-refractivity contribution in [1.82, 2.24) is 10.6 Å². The average molecular weight is 538 g/mol. The number of hydrogen-bond acceptors (Lipinski definition) is 3. The first-order valence-corrected chi connectivity index (χ1v) is 9.50. The number of nitrogens with zero attached hydrogens (tertiary/aromatic N) is 1. The number of benzene rings is 2. The van der Waals surface area contributed by atoms with Gasteiger partial charge in [0.2, 0.25) is 0 Å². The van der Waals surface area contributed by atoms with Gasteiger partial charge in [-0.1, -0.05) is 47.5 Å². The van der Waals surface area contributed by atoms with Gasteiger partial charge in [0.15, 0.2) is 5.96 Å². The number of aliphatic hydroxyl groups is 1. The van der Waals surface area contributed by atoms with Gasteiger partial charge in [0.05, 0.1) is 19.3 Å². The lowest BCUT2D eigenvalue weighted by Gasteiger charge is -2.16. The number of nitrogens with one attached hydrogen (secondary N) is 2. The summed E-state index contributed by atoms with van der Waals surface area (Å²) < 4.78 is 5.12. The predicted octanol–water partition coefficient (Wildman–Crippen LogP) is 4.55. The molecule has 0 bridgehead atoms. The van der Waals surface area contributed by atoms with E-state index in [1.807, 2.05) is 31.2 Å². The van der Waals surface area contributed by atoms with Crippen LogP contribution in [0.2, 0.25) is 10.0 Å². The highest BCUT2D eigenvalue weighted by Crippen LogP contribution is 2.23. The average Bonchev–Trinajstić information content (AvgIpc) is 2.64. The van der Waals surface area contributed by atoms with Gasteiger partial charge in [-0.3, -0.25) is 0 Å². The summed E-state index contributed by atoms with van der Waals surface area (Å²) in [5.41, 5.74) is 2.87. The van der Waals surface area contributed by atoms with Crippen molar-refractivity contribution in [3.63, 3.8) is 0 Å². The van der Waals surface area contributed by atoms with Crippen molar-refractivity contribution in [2.75, 3.05) is 20.2 Å². The summed E-state index contributed by atoms with van der Waals surface area (Å²) in [6.07, 6.45) is -0.751. The molecule has 1 atom stereocenters. The molecule has 0 spiro atoms. The predicted molar refractivity (Wildman–Crippen MR) is 127 cm³/mol. The van der Waals surface area contributed by atoms with E-state index >= 15 is 0 Å². The second-order valence-electron chi connectivity index (χ2n) is 6.04. The minimum absolute atomic E-state index is 0. The highest BCUT2D eigenvalue weighted by molar-refractivity contribution is 14.0. The van der Waals surface area contributed by atoms with Gasteiger partial charge in [-0.05, 0) is 41.8 Å². The van der Waals surface area contributed by atoms with E-state index < -0.39 is 6.10 Å². The maximum absolute atomic E-state index is 10.4. The van der Waals surface area contributed by atoms with E-state index in [0.29, 0.717) is 34.7 Å². The van der Waals surface area contributed by atoms with Gasteiger partial charge < -0.3 is 20.5 Å². The van der Waals surface area contributed by atoms with Crippen LogP contribution in [0.1, 0.15) is 29.7 Å². The molecule has 3 N–H and O–H groups in total. The number of hydrogen-bond donors (Lipinski definition) is 3. The minimum Gasteiger partial charge on any atom is -0.387 e. The van der Waals surface area contributed by atoms with E-state index in [1.165, 1.54) is 0 Å². The van der Waals surface area contributed by atoms with Gasteiger partial charge in [0, 0.05) is 30.2 Å². The Morgan fingerprint density at radius 1 is 1.07 bits per heavy atom. The molecule has 0 radical (unpaired) electrons. The van der Waals surface area contributed by atoms with E-state index in [9.17, 15) is 5.11 Å². The Hall–Kier alpha value is -1.06. The number of methoxy groups -OCH3 is 1. The lowest BCUT2D eigenvalue weighted by Crippen LogP contribution is -2.39. The van der Waals surface area contributed by atoms with Crippen molar-refractivity contribution >= 4 is 53.1 Å². The zero-order chi connectivity index (χ0) is 19.6. The lowest BCUT2D eigenvalue weighted by atomic mass is 10.1. The van der Waals surface area contributed by atoms with E-state index in [1.54, 1.807) is 25.3 Å². The van der Waals surface area contributed by atoms with Crippen molar-refractivity contribution in [2.24, 2.45) is 4.99 Å². The molecular formula is C20H26Cl2IN3O2. The third-order valence-electron chi connectivity index (χ3n) is 3.83. The first-order valence-electron chi connectivity index (χ1n) is 8.74. The summed E-state index contributed by atoms with van der Waals surface area (Å²) in [5, 5.41) is 17.7. The number of aliphatic hydroxyl groups excluding tert-OH is 1. The van der Waals surface area contributed by atoms with E-state index in [4.69, 9.17) is 27.9 Å². The Balaban J connectivity index is 0.00000392. The lowest BCUT2D eigenvalue weighted by molar-refractivity contribution is 0.181. The molecule has 28 heavy (non-hydrogen) atoms. The van der Waals surface area contributed by atoms with Crippen molar-refractivity contribution < 1.29 is 9.84 Å². The third kappa shape index (κ3) is 8.53. The molecule has 2 rings (SSSR count). The Morgan fingerprint density at radius 3 is 2.25 bits per heavy atom. The van der Waals surface area contributed by atoms with Gasteiger partial charge in [-0.2, -0.15) is 0 Å². The fourth-order valence-electron chi connectivity index (χ4n) is 2.50. The largest absolute Gasteiger partial charge is 0.387 e. The highest BCUT2D eigenvalue weighted by atomic mass is 127. The van der Waals surface area contributed by atoms with Crippen LogP contribution in [0.4, 0.5) is 0 Å². The number of halogens is 3. The van der Waals surface area contributed by atoms with Crippen LogP contribution >= 0.6 is 47.2 Å². The first kappa shape index (κ1) is 25.0. The van der Waals surface area contributed by atoms with Crippen molar-refractivity contribution in [3.8, 4) is 0 Å². The molecule has 154 valence electrons. The topological polar surface area (TPSA) is 65.9 Å². The van der Waals surface area contributed by atoms with Gasteiger partial charge in [-0.15, -0.1) is 24.0 Å². The molecule has 2 aromatic rings. The summed E-state index contributed by atoms with van der Waals surface area (Å²) in [6.45, 7) is 4.12. The summed E-state index contributed by atoms with van der Waals surface area (Å²) in [7, 11) is 1.68. The van der Waals surface area contributed by atoms with Crippen LogP contribution in [-0.2, 0) is 17.9 Å². The zero-order valence-corrected chi connectivity index (χ0v) is 19.8. The molecule has 0 aliphatic carbocycles. The number of rotatable bonds is 8. The molecule has 8 heteroatoms. The van der Waals surface area contributed by atoms with Gasteiger partial charge in [0.25, 0.3) is 0 Å². The molecule has 0 aliphatic heterocycles. The minimum atomic E-state index is -0.751. The van der Waals surface area contributed by atoms with Crippen molar-refractivity contribution in [3.05, 3.63) is 69.2 Å². The quantitative estimate of drug-likeness (QED) is 0.262. The van der Waals surface area contributed by atoms with Crippen LogP contribution in [0.5, 0.6) is 0 Å². The van der Waals surface area contributed by atoms with Crippen LogP contribution < -0.4 is 10.6 Å². The Morgan fingerprint density at radius 2 is 1.68 bits per heavy atom. The third-order valence-corrected chi connectivity index (χ3v) is 4.27.